The highest BCUT2D eigenvalue weighted by Gasteiger charge is 2.09. The Balaban J connectivity index is 1.89. The summed E-state index contributed by atoms with van der Waals surface area (Å²) in [6, 6.07) is 15.3. The predicted octanol–water partition coefficient (Wildman–Crippen LogP) is 4.83. The number of ether oxygens (including phenoxy) is 5. The van der Waals surface area contributed by atoms with E-state index in [0.717, 1.165) is 11.1 Å². The van der Waals surface area contributed by atoms with E-state index in [-0.39, 0.29) is 6.61 Å². The van der Waals surface area contributed by atoms with Crippen molar-refractivity contribution in [2.75, 3.05) is 39.6 Å². The maximum absolute atomic E-state index is 12.0. The first kappa shape index (κ1) is 25.2. The molecule has 32 heavy (non-hydrogen) atoms. The van der Waals surface area contributed by atoms with E-state index in [2.05, 4.69) is 0 Å². The van der Waals surface area contributed by atoms with Crippen LogP contribution in [-0.2, 0) is 25.6 Å². The summed E-state index contributed by atoms with van der Waals surface area (Å²) >= 11 is 0. The number of rotatable bonds is 15. The minimum atomic E-state index is -0.418. The lowest BCUT2D eigenvalue weighted by Gasteiger charge is -2.14. The van der Waals surface area contributed by atoms with Crippen LogP contribution in [0.2, 0.25) is 0 Å². The van der Waals surface area contributed by atoms with E-state index in [4.69, 9.17) is 23.7 Å². The van der Waals surface area contributed by atoms with Crippen LogP contribution < -0.4 is 9.47 Å². The van der Waals surface area contributed by atoms with Gasteiger partial charge in [0, 0.05) is 19.3 Å². The molecule has 0 aliphatic heterocycles. The topological polar surface area (TPSA) is 63.2 Å². The van der Waals surface area contributed by atoms with Crippen molar-refractivity contribution in [3.63, 3.8) is 0 Å². The van der Waals surface area contributed by atoms with Crippen molar-refractivity contribution in [3.05, 3.63) is 77.9 Å². The summed E-state index contributed by atoms with van der Waals surface area (Å²) in [5.41, 5.74) is 1.86. The van der Waals surface area contributed by atoms with Crippen LogP contribution in [0.25, 0.3) is 6.08 Å². The molecule has 0 aliphatic rings. The highest BCUT2D eigenvalue weighted by atomic mass is 16.6. The number of carbonyl (C=O) groups is 1. The molecule has 0 N–H and O–H groups in total. The molecule has 0 amide bonds. The third-order valence-corrected chi connectivity index (χ3v) is 4.20. The smallest absolute Gasteiger partial charge is 0.331 e. The van der Waals surface area contributed by atoms with Gasteiger partial charge in [-0.3, -0.25) is 0 Å². The minimum Gasteiger partial charge on any atom is -0.487 e. The first-order valence-corrected chi connectivity index (χ1v) is 10.8. The first-order valence-electron chi connectivity index (χ1n) is 10.8. The van der Waals surface area contributed by atoms with Gasteiger partial charge in [0.15, 0.2) is 11.5 Å². The number of esters is 1. The fraction of sp³-hybridized carbons (Fsp3) is 0.346. The quantitative estimate of drug-likeness (QED) is 0.171. The Morgan fingerprint density at radius 3 is 2.19 bits per heavy atom. The summed E-state index contributed by atoms with van der Waals surface area (Å²) < 4.78 is 27.5. The molecule has 2 rings (SSSR count). The van der Waals surface area contributed by atoms with Crippen LogP contribution in [0, 0.1) is 0 Å². The monoisotopic (exact) mass is 440 g/mol. The third kappa shape index (κ3) is 10.3. The van der Waals surface area contributed by atoms with Crippen molar-refractivity contribution < 1.29 is 28.5 Å². The van der Waals surface area contributed by atoms with Crippen LogP contribution >= 0.6 is 0 Å². The molecular weight excluding hydrogens is 408 g/mol. The molecule has 0 aromatic heterocycles. The van der Waals surface area contributed by atoms with Crippen LogP contribution in [0.4, 0.5) is 0 Å². The third-order valence-electron chi connectivity index (χ3n) is 4.20. The van der Waals surface area contributed by atoms with E-state index >= 15 is 0 Å². The molecule has 0 aliphatic carbocycles. The van der Waals surface area contributed by atoms with Gasteiger partial charge in [0.1, 0.15) is 19.8 Å². The molecule has 2 aromatic carbocycles. The summed E-state index contributed by atoms with van der Waals surface area (Å²) in [6.45, 7) is 7.07. The Bertz CT molecular complexity index is 845. The van der Waals surface area contributed by atoms with Gasteiger partial charge in [0.2, 0.25) is 0 Å². The summed E-state index contributed by atoms with van der Waals surface area (Å²) in [5.74, 6) is 0.775. The SMILES string of the molecule is CCOCCOc1ccc(COC(=O)/C=C/C=C/c2ccccc2)cc1OCCOCC. The van der Waals surface area contributed by atoms with Gasteiger partial charge in [0.25, 0.3) is 0 Å². The number of hydrogen-bond donors (Lipinski definition) is 0. The average Bonchev–Trinajstić information content (AvgIpc) is 2.82. The van der Waals surface area contributed by atoms with Crippen LogP contribution in [0.5, 0.6) is 11.5 Å². The van der Waals surface area contributed by atoms with Crippen molar-refractivity contribution >= 4 is 12.0 Å². The number of allylic oxidation sites excluding steroid dienone is 2. The maximum Gasteiger partial charge on any atom is 0.331 e. The Kier molecular flexibility index (Phi) is 12.3. The minimum absolute atomic E-state index is 0.132. The molecule has 6 heteroatoms. The average molecular weight is 441 g/mol. The van der Waals surface area contributed by atoms with Gasteiger partial charge in [0.05, 0.1) is 13.2 Å². The summed E-state index contributed by atoms with van der Waals surface area (Å²) in [7, 11) is 0. The van der Waals surface area contributed by atoms with Crippen molar-refractivity contribution in [2.24, 2.45) is 0 Å². The van der Waals surface area contributed by atoms with Crippen LogP contribution in [-0.4, -0.2) is 45.6 Å². The van der Waals surface area contributed by atoms with Gasteiger partial charge >= 0.3 is 5.97 Å². The van der Waals surface area contributed by atoms with Gasteiger partial charge < -0.3 is 23.7 Å². The van der Waals surface area contributed by atoms with Gasteiger partial charge in [-0.25, -0.2) is 4.79 Å². The van der Waals surface area contributed by atoms with Crippen molar-refractivity contribution in [3.8, 4) is 11.5 Å². The van der Waals surface area contributed by atoms with Crippen molar-refractivity contribution in [2.45, 2.75) is 20.5 Å². The lowest BCUT2D eigenvalue weighted by molar-refractivity contribution is -0.139. The molecule has 172 valence electrons. The molecule has 6 nitrogen and oxygen atoms in total. The highest BCUT2D eigenvalue weighted by molar-refractivity contribution is 5.82. The van der Waals surface area contributed by atoms with Crippen LogP contribution in [0.1, 0.15) is 25.0 Å². The Morgan fingerprint density at radius 1 is 0.812 bits per heavy atom. The molecule has 0 fully saturated rings. The fourth-order valence-electron chi connectivity index (χ4n) is 2.65. The molecule has 0 bridgehead atoms. The maximum atomic E-state index is 12.0. The molecule has 0 saturated carbocycles. The van der Waals surface area contributed by atoms with E-state index < -0.39 is 5.97 Å². The number of hydrogen-bond acceptors (Lipinski definition) is 6. The molecule has 0 saturated heterocycles. The molecular formula is C26H32O6. The predicted molar refractivity (Wildman–Crippen MR) is 125 cm³/mol. The number of carbonyl (C=O) groups excluding carboxylic acids is 1. The fourth-order valence-corrected chi connectivity index (χ4v) is 2.65. The summed E-state index contributed by atoms with van der Waals surface area (Å²) in [6.07, 6.45) is 6.77. The first-order chi connectivity index (χ1) is 15.7. The molecule has 0 atom stereocenters. The zero-order valence-corrected chi connectivity index (χ0v) is 18.8. The Hall–Kier alpha value is -3.09. The Morgan fingerprint density at radius 2 is 1.50 bits per heavy atom. The number of benzene rings is 2. The molecule has 0 heterocycles. The molecule has 0 radical (unpaired) electrons. The highest BCUT2D eigenvalue weighted by Crippen LogP contribution is 2.29. The van der Waals surface area contributed by atoms with Gasteiger partial charge in [-0.15, -0.1) is 0 Å². The molecule has 0 spiro atoms. The lowest BCUT2D eigenvalue weighted by atomic mass is 10.2. The second-order valence-electron chi connectivity index (χ2n) is 6.61. The van der Waals surface area contributed by atoms with E-state index in [9.17, 15) is 4.79 Å². The van der Waals surface area contributed by atoms with E-state index in [0.29, 0.717) is 51.1 Å². The zero-order valence-electron chi connectivity index (χ0n) is 18.8. The van der Waals surface area contributed by atoms with E-state index in [1.807, 2.05) is 68.5 Å². The second-order valence-corrected chi connectivity index (χ2v) is 6.61. The van der Waals surface area contributed by atoms with Crippen molar-refractivity contribution in [1.82, 2.24) is 0 Å². The van der Waals surface area contributed by atoms with Crippen LogP contribution in [0.15, 0.2) is 66.8 Å². The lowest BCUT2D eigenvalue weighted by Crippen LogP contribution is -2.10. The van der Waals surface area contributed by atoms with Gasteiger partial charge in [-0.1, -0.05) is 54.6 Å². The van der Waals surface area contributed by atoms with Gasteiger partial charge in [-0.2, -0.15) is 0 Å². The normalized spacial score (nSPS) is 11.2. The summed E-state index contributed by atoms with van der Waals surface area (Å²) in [4.78, 5) is 12.0. The van der Waals surface area contributed by atoms with Gasteiger partial charge in [-0.05, 0) is 37.1 Å². The summed E-state index contributed by atoms with van der Waals surface area (Å²) in [5, 5.41) is 0. The zero-order chi connectivity index (χ0) is 22.9. The molecule has 0 unspecified atom stereocenters. The molecule has 2 aromatic rings. The standard InChI is InChI=1S/C26H32O6/c1-3-28-16-18-30-24-15-14-23(20-25(24)31-19-17-29-4-2)21-32-26(27)13-9-8-12-22-10-6-5-7-11-22/h5-15,20H,3-4,16-19,21H2,1-2H3/b12-8+,13-9+. The van der Waals surface area contributed by atoms with Crippen molar-refractivity contribution in [1.29, 1.82) is 0 Å². The largest absolute Gasteiger partial charge is 0.487 e. The van der Waals surface area contributed by atoms with E-state index in [1.54, 1.807) is 12.2 Å². The Labute approximate surface area is 190 Å². The van der Waals surface area contributed by atoms with Crippen LogP contribution in [0.3, 0.4) is 0 Å². The second kappa shape index (κ2) is 15.7. The van der Waals surface area contributed by atoms with E-state index in [1.165, 1.54) is 6.08 Å².